The van der Waals surface area contributed by atoms with Crippen LogP contribution in [0.15, 0.2) is 29.2 Å². The van der Waals surface area contributed by atoms with Crippen molar-refractivity contribution >= 4 is 21.6 Å². The zero-order valence-electron chi connectivity index (χ0n) is 15.7. The number of hydrogen-bond acceptors (Lipinski definition) is 4. The molecule has 1 heterocycles. The Labute approximate surface area is 157 Å². The van der Waals surface area contributed by atoms with Crippen LogP contribution in [-0.4, -0.2) is 44.9 Å². The highest BCUT2D eigenvalue weighted by Crippen LogP contribution is 2.21. The third kappa shape index (κ3) is 6.37. The Morgan fingerprint density at radius 1 is 1.12 bits per heavy atom. The first-order valence-corrected chi connectivity index (χ1v) is 10.8. The fraction of sp³-hybridized carbons (Fsp3) is 0.632. The van der Waals surface area contributed by atoms with Gasteiger partial charge in [-0.2, -0.15) is 4.31 Å². The Balaban J connectivity index is 1.89. The van der Waals surface area contributed by atoms with Gasteiger partial charge in [0.05, 0.1) is 17.9 Å². The Bertz CT molecular complexity index is 663. The molecule has 1 saturated heterocycles. The Morgan fingerprint density at radius 3 is 2.31 bits per heavy atom. The Morgan fingerprint density at radius 2 is 1.73 bits per heavy atom. The standard InChI is InChI=1S/C19H30N2O4S/c1-16(2)15-25-14-11-19(22)20-17-7-9-18(10-8-17)26(23,24)21-12-5-3-4-6-13-21/h7-10,16H,3-6,11-15H2,1-2H3,(H,20,22). The van der Waals surface area contributed by atoms with Gasteiger partial charge in [-0.25, -0.2) is 8.42 Å². The molecule has 2 rings (SSSR count). The van der Waals surface area contributed by atoms with Gasteiger partial charge in [-0.3, -0.25) is 4.79 Å². The van der Waals surface area contributed by atoms with Crippen LogP contribution in [-0.2, 0) is 19.6 Å². The highest BCUT2D eigenvalue weighted by atomic mass is 32.2. The summed E-state index contributed by atoms with van der Waals surface area (Å²) in [6.07, 6.45) is 4.26. The molecule has 0 unspecified atom stereocenters. The number of carbonyl (C=O) groups is 1. The first-order chi connectivity index (χ1) is 12.4. The van der Waals surface area contributed by atoms with Gasteiger partial charge in [0.15, 0.2) is 0 Å². The molecule has 0 aromatic heterocycles. The average Bonchev–Trinajstić information content (AvgIpc) is 2.89. The number of rotatable bonds is 8. The van der Waals surface area contributed by atoms with E-state index in [9.17, 15) is 13.2 Å². The molecule has 1 amide bonds. The molecular weight excluding hydrogens is 352 g/mol. The second-order valence-electron chi connectivity index (χ2n) is 7.11. The maximum absolute atomic E-state index is 12.7. The summed E-state index contributed by atoms with van der Waals surface area (Å²) < 4.78 is 32.4. The van der Waals surface area contributed by atoms with E-state index in [0.29, 0.717) is 37.9 Å². The van der Waals surface area contributed by atoms with Crippen LogP contribution in [0.3, 0.4) is 0 Å². The lowest BCUT2D eigenvalue weighted by molar-refractivity contribution is -0.117. The van der Waals surface area contributed by atoms with Gasteiger partial charge in [0, 0.05) is 25.4 Å². The molecule has 0 aliphatic carbocycles. The second-order valence-corrected chi connectivity index (χ2v) is 9.05. The molecule has 1 aromatic rings. The van der Waals surface area contributed by atoms with E-state index in [1.54, 1.807) is 28.6 Å². The minimum atomic E-state index is -3.46. The molecule has 0 spiro atoms. The number of sulfonamides is 1. The molecular formula is C19H30N2O4S. The molecule has 26 heavy (non-hydrogen) atoms. The van der Waals surface area contributed by atoms with E-state index < -0.39 is 10.0 Å². The zero-order chi connectivity index (χ0) is 19.0. The monoisotopic (exact) mass is 382 g/mol. The van der Waals surface area contributed by atoms with E-state index in [2.05, 4.69) is 19.2 Å². The van der Waals surface area contributed by atoms with Gasteiger partial charge in [-0.15, -0.1) is 0 Å². The molecule has 1 aromatic carbocycles. The average molecular weight is 383 g/mol. The van der Waals surface area contributed by atoms with Gasteiger partial charge in [0.2, 0.25) is 15.9 Å². The van der Waals surface area contributed by atoms with E-state index in [1.807, 2.05) is 0 Å². The van der Waals surface area contributed by atoms with Crippen LogP contribution in [0.1, 0.15) is 46.0 Å². The predicted molar refractivity (Wildman–Crippen MR) is 103 cm³/mol. The van der Waals surface area contributed by atoms with Crippen molar-refractivity contribution in [3.8, 4) is 0 Å². The number of anilines is 1. The molecule has 1 aliphatic rings. The molecule has 0 atom stereocenters. The summed E-state index contributed by atoms with van der Waals surface area (Å²) in [7, 11) is -3.46. The third-order valence-corrected chi connectivity index (χ3v) is 6.18. The normalized spacial score (nSPS) is 16.4. The van der Waals surface area contributed by atoms with Gasteiger partial charge in [-0.05, 0) is 43.0 Å². The minimum Gasteiger partial charge on any atom is -0.381 e. The van der Waals surface area contributed by atoms with Crippen LogP contribution < -0.4 is 5.32 Å². The van der Waals surface area contributed by atoms with Crippen molar-refractivity contribution in [3.05, 3.63) is 24.3 Å². The van der Waals surface area contributed by atoms with Crippen molar-refractivity contribution in [2.75, 3.05) is 31.6 Å². The molecule has 0 bridgehead atoms. The first kappa shape index (κ1) is 20.9. The predicted octanol–water partition coefficient (Wildman–Crippen LogP) is 3.25. The SMILES string of the molecule is CC(C)COCCC(=O)Nc1ccc(S(=O)(=O)N2CCCCCC2)cc1. The summed E-state index contributed by atoms with van der Waals surface area (Å²) in [5.41, 5.74) is 0.591. The van der Waals surface area contributed by atoms with Crippen molar-refractivity contribution in [2.45, 2.75) is 50.8 Å². The van der Waals surface area contributed by atoms with E-state index in [0.717, 1.165) is 25.7 Å². The largest absolute Gasteiger partial charge is 0.381 e. The quantitative estimate of drug-likeness (QED) is 0.700. The lowest BCUT2D eigenvalue weighted by atomic mass is 10.2. The molecule has 1 fully saturated rings. The number of amides is 1. The fourth-order valence-electron chi connectivity index (χ4n) is 2.85. The summed E-state index contributed by atoms with van der Waals surface area (Å²) in [4.78, 5) is 12.2. The summed E-state index contributed by atoms with van der Waals surface area (Å²) >= 11 is 0. The summed E-state index contributed by atoms with van der Waals surface area (Å²) in [6.45, 7) is 6.29. The van der Waals surface area contributed by atoms with Crippen LogP contribution in [0.2, 0.25) is 0 Å². The summed E-state index contributed by atoms with van der Waals surface area (Å²) in [5.74, 6) is 0.300. The molecule has 1 N–H and O–H groups in total. The molecule has 6 nitrogen and oxygen atoms in total. The van der Waals surface area contributed by atoms with Crippen LogP contribution in [0.4, 0.5) is 5.69 Å². The van der Waals surface area contributed by atoms with E-state index in [1.165, 1.54) is 0 Å². The number of carbonyl (C=O) groups excluding carboxylic acids is 1. The Kier molecular flexibility index (Phi) is 8.06. The summed E-state index contributed by atoms with van der Waals surface area (Å²) in [6, 6.07) is 6.39. The van der Waals surface area contributed by atoms with Crippen molar-refractivity contribution < 1.29 is 17.9 Å². The van der Waals surface area contributed by atoms with Gasteiger partial charge >= 0.3 is 0 Å². The number of nitrogens with zero attached hydrogens (tertiary/aromatic N) is 1. The number of ether oxygens (including phenoxy) is 1. The van der Waals surface area contributed by atoms with Crippen LogP contribution in [0.5, 0.6) is 0 Å². The topological polar surface area (TPSA) is 75.7 Å². The van der Waals surface area contributed by atoms with Gasteiger partial charge in [-0.1, -0.05) is 26.7 Å². The van der Waals surface area contributed by atoms with Crippen molar-refractivity contribution in [3.63, 3.8) is 0 Å². The summed E-state index contributed by atoms with van der Waals surface area (Å²) in [5, 5.41) is 2.77. The Hall–Kier alpha value is -1.44. The van der Waals surface area contributed by atoms with Gasteiger partial charge < -0.3 is 10.1 Å². The zero-order valence-corrected chi connectivity index (χ0v) is 16.6. The van der Waals surface area contributed by atoms with E-state index >= 15 is 0 Å². The molecule has 0 saturated carbocycles. The number of nitrogens with one attached hydrogen (secondary N) is 1. The van der Waals surface area contributed by atoms with Crippen molar-refractivity contribution in [1.82, 2.24) is 4.31 Å². The number of benzene rings is 1. The smallest absolute Gasteiger partial charge is 0.243 e. The van der Waals surface area contributed by atoms with E-state index in [4.69, 9.17) is 4.74 Å². The minimum absolute atomic E-state index is 0.142. The van der Waals surface area contributed by atoms with Gasteiger partial charge in [0.25, 0.3) is 0 Å². The van der Waals surface area contributed by atoms with Crippen LogP contribution >= 0.6 is 0 Å². The third-order valence-electron chi connectivity index (χ3n) is 4.27. The molecule has 1 aliphatic heterocycles. The highest BCUT2D eigenvalue weighted by Gasteiger charge is 2.24. The molecule has 146 valence electrons. The maximum Gasteiger partial charge on any atom is 0.243 e. The fourth-order valence-corrected chi connectivity index (χ4v) is 4.37. The maximum atomic E-state index is 12.7. The number of hydrogen-bond donors (Lipinski definition) is 1. The van der Waals surface area contributed by atoms with Crippen LogP contribution in [0, 0.1) is 5.92 Å². The molecule has 7 heteroatoms. The molecule has 0 radical (unpaired) electrons. The second kappa shape index (κ2) is 10.0. The van der Waals surface area contributed by atoms with Crippen LogP contribution in [0.25, 0.3) is 0 Å². The van der Waals surface area contributed by atoms with Gasteiger partial charge in [0.1, 0.15) is 0 Å². The lowest BCUT2D eigenvalue weighted by Gasteiger charge is -2.20. The highest BCUT2D eigenvalue weighted by molar-refractivity contribution is 7.89. The van der Waals surface area contributed by atoms with E-state index in [-0.39, 0.29) is 17.2 Å². The van der Waals surface area contributed by atoms with Crippen molar-refractivity contribution in [1.29, 1.82) is 0 Å². The van der Waals surface area contributed by atoms with Crippen molar-refractivity contribution in [2.24, 2.45) is 5.92 Å². The lowest BCUT2D eigenvalue weighted by Crippen LogP contribution is -2.31. The first-order valence-electron chi connectivity index (χ1n) is 9.37.